The van der Waals surface area contributed by atoms with Crippen molar-refractivity contribution in [2.45, 2.75) is 31.6 Å². The van der Waals surface area contributed by atoms with E-state index in [4.69, 9.17) is 4.42 Å². The van der Waals surface area contributed by atoms with Gasteiger partial charge in [0.05, 0.1) is 0 Å². The van der Waals surface area contributed by atoms with Crippen LogP contribution >= 0.6 is 0 Å². The van der Waals surface area contributed by atoms with Crippen LogP contribution in [0.1, 0.15) is 47.8 Å². The molecular formula is C15H15NO3. The fraction of sp³-hybridized carbons (Fsp3) is 0.467. The lowest BCUT2D eigenvalue weighted by Crippen LogP contribution is -2.08. The summed E-state index contributed by atoms with van der Waals surface area (Å²) in [5.74, 6) is 1.69. The predicted octanol–water partition coefficient (Wildman–Crippen LogP) is 3.43. The third kappa shape index (κ3) is 1.59. The molecule has 98 valence electrons. The maximum Gasteiger partial charge on any atom is 0.339 e. The number of carbonyl (C=O) groups is 1. The second-order valence-electron chi connectivity index (χ2n) is 5.79. The highest BCUT2D eigenvalue weighted by molar-refractivity contribution is 5.99. The summed E-state index contributed by atoms with van der Waals surface area (Å²) in [6.07, 6.45) is 5.04. The highest BCUT2D eigenvalue weighted by Crippen LogP contribution is 2.52. The Hall–Kier alpha value is -1.84. The van der Waals surface area contributed by atoms with Crippen LogP contribution in [0.25, 0.3) is 11.1 Å². The van der Waals surface area contributed by atoms with Gasteiger partial charge in [-0.15, -0.1) is 0 Å². The Balaban J connectivity index is 1.80. The highest BCUT2D eigenvalue weighted by Gasteiger charge is 2.42. The third-order valence-electron chi connectivity index (χ3n) is 4.72. The van der Waals surface area contributed by atoms with Gasteiger partial charge >= 0.3 is 5.97 Å². The molecule has 1 aromatic heterocycles. The second-order valence-corrected chi connectivity index (χ2v) is 5.79. The number of fused-ring (bicyclic) bond motifs is 3. The van der Waals surface area contributed by atoms with E-state index in [-0.39, 0.29) is 5.56 Å². The molecule has 0 saturated heterocycles. The number of hydrogen-bond donors (Lipinski definition) is 1. The fourth-order valence-corrected chi connectivity index (χ4v) is 3.84. The Bertz CT molecular complexity index is 660. The summed E-state index contributed by atoms with van der Waals surface area (Å²) in [7, 11) is 0. The number of hydrogen-bond acceptors (Lipinski definition) is 3. The summed E-state index contributed by atoms with van der Waals surface area (Å²) < 4.78 is 5.81. The number of aromatic nitrogens is 1. The summed E-state index contributed by atoms with van der Waals surface area (Å²) in [5.41, 5.74) is 1.30. The minimum Gasteiger partial charge on any atom is -0.478 e. The van der Waals surface area contributed by atoms with E-state index in [0.29, 0.717) is 22.9 Å². The molecule has 2 aliphatic carbocycles. The Labute approximate surface area is 110 Å². The van der Waals surface area contributed by atoms with Gasteiger partial charge in [0.2, 0.25) is 0 Å². The minimum atomic E-state index is -0.957. The SMILES string of the molecule is O=C(O)c1cccc2nc(C3CC4CCC3C4)oc12. The summed E-state index contributed by atoms with van der Waals surface area (Å²) in [5, 5.41) is 9.17. The average molecular weight is 257 g/mol. The van der Waals surface area contributed by atoms with Crippen molar-refractivity contribution < 1.29 is 14.3 Å². The van der Waals surface area contributed by atoms with Gasteiger partial charge in [0.25, 0.3) is 0 Å². The molecule has 3 unspecified atom stereocenters. The number of carboxylic acids is 1. The second kappa shape index (κ2) is 3.83. The van der Waals surface area contributed by atoms with Crippen LogP contribution < -0.4 is 0 Å². The molecule has 2 saturated carbocycles. The van der Waals surface area contributed by atoms with Crippen LogP contribution in [0.3, 0.4) is 0 Å². The number of rotatable bonds is 2. The lowest BCUT2D eigenvalue weighted by molar-refractivity contribution is 0.0697. The zero-order chi connectivity index (χ0) is 13.0. The van der Waals surface area contributed by atoms with Gasteiger partial charge in [-0.3, -0.25) is 0 Å². The smallest absolute Gasteiger partial charge is 0.339 e. The zero-order valence-corrected chi connectivity index (χ0v) is 10.5. The highest BCUT2D eigenvalue weighted by atomic mass is 16.4. The predicted molar refractivity (Wildman–Crippen MR) is 69.2 cm³/mol. The van der Waals surface area contributed by atoms with Crippen LogP contribution in [-0.2, 0) is 0 Å². The molecule has 1 aromatic carbocycles. The van der Waals surface area contributed by atoms with E-state index in [1.165, 1.54) is 19.3 Å². The van der Waals surface area contributed by atoms with Gasteiger partial charge in [-0.1, -0.05) is 12.5 Å². The number of carboxylic acid groups (broad SMARTS) is 1. The number of para-hydroxylation sites is 1. The van der Waals surface area contributed by atoms with E-state index >= 15 is 0 Å². The molecule has 19 heavy (non-hydrogen) atoms. The molecule has 2 aliphatic rings. The summed E-state index contributed by atoms with van der Waals surface area (Å²) in [6, 6.07) is 5.11. The third-order valence-corrected chi connectivity index (χ3v) is 4.72. The first-order chi connectivity index (χ1) is 9.22. The maximum atomic E-state index is 11.2. The quantitative estimate of drug-likeness (QED) is 0.895. The van der Waals surface area contributed by atoms with Gasteiger partial charge in [0.15, 0.2) is 11.5 Å². The van der Waals surface area contributed by atoms with Crippen LogP contribution in [0.15, 0.2) is 22.6 Å². The Morgan fingerprint density at radius 2 is 2.21 bits per heavy atom. The van der Waals surface area contributed by atoms with Crippen LogP contribution in [0.5, 0.6) is 0 Å². The lowest BCUT2D eigenvalue weighted by Gasteiger charge is -2.17. The summed E-state index contributed by atoms with van der Waals surface area (Å²) in [6.45, 7) is 0. The van der Waals surface area contributed by atoms with Gasteiger partial charge in [-0.05, 0) is 43.2 Å². The first kappa shape index (κ1) is 11.0. The molecule has 4 heteroatoms. The summed E-state index contributed by atoms with van der Waals surface area (Å²) in [4.78, 5) is 15.7. The van der Waals surface area contributed by atoms with Crippen molar-refractivity contribution in [3.8, 4) is 0 Å². The standard InChI is InChI=1S/C15H15NO3/c17-15(18)10-2-1-3-12-13(10)19-14(16-12)11-7-8-4-5-9(11)6-8/h1-3,8-9,11H,4-7H2,(H,17,18). The van der Waals surface area contributed by atoms with E-state index < -0.39 is 5.97 Å². The molecule has 3 atom stereocenters. The van der Waals surface area contributed by atoms with Crippen molar-refractivity contribution in [2.75, 3.05) is 0 Å². The van der Waals surface area contributed by atoms with Crippen molar-refractivity contribution in [3.63, 3.8) is 0 Å². The van der Waals surface area contributed by atoms with Gasteiger partial charge in [0, 0.05) is 5.92 Å². The molecule has 2 aromatic rings. The van der Waals surface area contributed by atoms with Crippen molar-refractivity contribution in [1.82, 2.24) is 4.98 Å². The van der Waals surface area contributed by atoms with E-state index in [0.717, 1.165) is 18.2 Å². The van der Waals surface area contributed by atoms with E-state index in [9.17, 15) is 9.90 Å². The normalized spacial score (nSPS) is 29.2. The lowest BCUT2D eigenvalue weighted by atomic mass is 9.89. The van der Waals surface area contributed by atoms with Crippen molar-refractivity contribution in [3.05, 3.63) is 29.7 Å². The van der Waals surface area contributed by atoms with Crippen molar-refractivity contribution >= 4 is 17.1 Å². The summed E-state index contributed by atoms with van der Waals surface area (Å²) >= 11 is 0. The molecule has 1 heterocycles. The van der Waals surface area contributed by atoms with Crippen LogP contribution in [0.2, 0.25) is 0 Å². The first-order valence-corrected chi connectivity index (χ1v) is 6.85. The molecule has 2 fully saturated rings. The van der Waals surface area contributed by atoms with E-state index in [1.807, 2.05) is 6.07 Å². The van der Waals surface area contributed by atoms with Crippen molar-refractivity contribution in [2.24, 2.45) is 11.8 Å². The Morgan fingerprint density at radius 3 is 2.89 bits per heavy atom. The molecule has 2 bridgehead atoms. The number of benzene rings is 1. The Morgan fingerprint density at radius 1 is 1.32 bits per heavy atom. The largest absolute Gasteiger partial charge is 0.478 e. The number of aromatic carboxylic acids is 1. The van der Waals surface area contributed by atoms with Gasteiger partial charge < -0.3 is 9.52 Å². The van der Waals surface area contributed by atoms with E-state index in [2.05, 4.69) is 4.98 Å². The average Bonchev–Trinajstić information content (AvgIpc) is 3.11. The molecule has 4 nitrogen and oxygen atoms in total. The van der Waals surface area contributed by atoms with Gasteiger partial charge in [0.1, 0.15) is 11.1 Å². The van der Waals surface area contributed by atoms with Crippen LogP contribution in [0.4, 0.5) is 0 Å². The maximum absolute atomic E-state index is 11.2. The fourth-order valence-electron chi connectivity index (χ4n) is 3.84. The van der Waals surface area contributed by atoms with Gasteiger partial charge in [-0.2, -0.15) is 0 Å². The van der Waals surface area contributed by atoms with Crippen molar-refractivity contribution in [1.29, 1.82) is 0 Å². The molecule has 0 radical (unpaired) electrons. The monoisotopic (exact) mass is 257 g/mol. The molecule has 4 rings (SSSR count). The Kier molecular flexibility index (Phi) is 2.22. The van der Waals surface area contributed by atoms with Gasteiger partial charge in [-0.25, -0.2) is 9.78 Å². The first-order valence-electron chi connectivity index (χ1n) is 6.85. The molecule has 0 amide bonds. The molecule has 0 aliphatic heterocycles. The molecule has 0 spiro atoms. The van der Waals surface area contributed by atoms with Crippen LogP contribution in [0, 0.1) is 11.8 Å². The number of oxazole rings is 1. The minimum absolute atomic E-state index is 0.208. The van der Waals surface area contributed by atoms with E-state index in [1.54, 1.807) is 12.1 Å². The van der Waals surface area contributed by atoms with Crippen LogP contribution in [-0.4, -0.2) is 16.1 Å². The zero-order valence-electron chi connectivity index (χ0n) is 10.5. The molecule has 1 N–H and O–H groups in total. The number of nitrogens with zero attached hydrogens (tertiary/aromatic N) is 1. The molecular weight excluding hydrogens is 242 g/mol. The topological polar surface area (TPSA) is 63.3 Å².